The molecule has 0 radical (unpaired) electrons. The molecule has 1 aromatic heterocycles. The summed E-state index contributed by atoms with van der Waals surface area (Å²) in [5, 5.41) is 5.88. The van der Waals surface area contributed by atoms with Crippen molar-refractivity contribution in [3.8, 4) is 0 Å². The van der Waals surface area contributed by atoms with Gasteiger partial charge in [0.05, 0.1) is 0 Å². The summed E-state index contributed by atoms with van der Waals surface area (Å²) in [4.78, 5) is 0. The third kappa shape index (κ3) is 2.74. The Bertz CT molecular complexity index is 1540. The first-order valence-electron chi connectivity index (χ1n) is 12.3. The second kappa shape index (κ2) is 8.03. The standard InChI is InChI=1S/C33H25O2P/c1-4-15-26(16-5-1)36(27-17-6-2-7-18-27,28-19-8-3-9-20-28)32-23-13-11-21-29(32)33(35-36)31-24-25-14-10-12-22-30(25)34-31/h1-24,33H. The molecule has 0 saturated carbocycles. The Kier molecular flexibility index (Phi) is 4.76. The molecule has 5 aromatic carbocycles. The summed E-state index contributed by atoms with van der Waals surface area (Å²) in [5.41, 5.74) is 2.03. The van der Waals surface area contributed by atoms with Gasteiger partial charge in [0, 0.05) is 0 Å². The van der Waals surface area contributed by atoms with E-state index >= 15 is 0 Å². The van der Waals surface area contributed by atoms with Crippen molar-refractivity contribution in [3.05, 3.63) is 157 Å². The van der Waals surface area contributed by atoms with Crippen LogP contribution < -0.4 is 21.2 Å². The van der Waals surface area contributed by atoms with Gasteiger partial charge in [-0.05, 0) is 0 Å². The second-order valence-electron chi connectivity index (χ2n) is 9.27. The van der Waals surface area contributed by atoms with Crippen LogP contribution in [0.3, 0.4) is 0 Å². The molecule has 36 heavy (non-hydrogen) atoms. The van der Waals surface area contributed by atoms with Crippen molar-refractivity contribution < 1.29 is 8.94 Å². The average Bonchev–Trinajstić information content (AvgIpc) is 3.54. The summed E-state index contributed by atoms with van der Waals surface area (Å²) in [5.74, 6) is 0.831. The molecule has 1 aliphatic rings. The fourth-order valence-electron chi connectivity index (χ4n) is 5.94. The van der Waals surface area contributed by atoms with E-state index in [9.17, 15) is 0 Å². The van der Waals surface area contributed by atoms with Crippen molar-refractivity contribution in [1.82, 2.24) is 0 Å². The normalized spacial score (nSPS) is 18.8. The Morgan fingerprint density at radius 3 is 1.58 bits per heavy atom. The summed E-state index contributed by atoms with van der Waals surface area (Å²) >= 11 is 0. The zero-order valence-electron chi connectivity index (χ0n) is 19.7. The molecule has 0 saturated heterocycles. The predicted octanol–water partition coefficient (Wildman–Crippen LogP) is 6.62. The second-order valence-corrected chi connectivity index (χ2v) is 13.6. The third-order valence-corrected chi connectivity index (χ3v) is 13.3. The molecular weight excluding hydrogens is 459 g/mol. The van der Waals surface area contributed by atoms with Gasteiger partial charge in [-0.1, -0.05) is 0 Å². The van der Waals surface area contributed by atoms with Gasteiger partial charge in [0.1, 0.15) is 0 Å². The van der Waals surface area contributed by atoms with Crippen molar-refractivity contribution in [3.63, 3.8) is 0 Å². The number of hydrogen-bond acceptors (Lipinski definition) is 2. The van der Waals surface area contributed by atoms with Crippen LogP contribution in [0.2, 0.25) is 0 Å². The van der Waals surface area contributed by atoms with E-state index in [2.05, 4.69) is 127 Å². The molecule has 0 bridgehead atoms. The van der Waals surface area contributed by atoms with Gasteiger partial charge in [-0.3, -0.25) is 0 Å². The zero-order chi connectivity index (χ0) is 24.0. The van der Waals surface area contributed by atoms with Crippen LogP contribution in [-0.4, -0.2) is 0 Å². The maximum atomic E-state index is 7.72. The first-order valence-corrected chi connectivity index (χ1v) is 14.4. The molecule has 1 unspecified atom stereocenters. The fraction of sp³-hybridized carbons (Fsp3) is 0.0303. The zero-order valence-corrected chi connectivity index (χ0v) is 20.6. The molecule has 0 spiro atoms. The first kappa shape index (κ1) is 21.3. The van der Waals surface area contributed by atoms with Crippen LogP contribution in [0.25, 0.3) is 11.0 Å². The molecule has 7 rings (SSSR count). The van der Waals surface area contributed by atoms with Crippen LogP contribution >= 0.6 is 6.83 Å². The molecule has 0 aliphatic carbocycles. The molecule has 1 aliphatic heterocycles. The van der Waals surface area contributed by atoms with E-state index in [1.54, 1.807) is 0 Å². The van der Waals surface area contributed by atoms with E-state index < -0.39 is 6.83 Å². The van der Waals surface area contributed by atoms with E-state index in [0.29, 0.717) is 0 Å². The predicted molar refractivity (Wildman–Crippen MR) is 150 cm³/mol. The number of furan rings is 1. The minimum atomic E-state index is -3.62. The topological polar surface area (TPSA) is 22.4 Å². The van der Waals surface area contributed by atoms with Crippen LogP contribution in [0.5, 0.6) is 0 Å². The molecule has 174 valence electrons. The number of rotatable bonds is 4. The van der Waals surface area contributed by atoms with Crippen LogP contribution in [-0.2, 0) is 4.52 Å². The van der Waals surface area contributed by atoms with Gasteiger partial charge in [0.2, 0.25) is 0 Å². The number of hydrogen-bond donors (Lipinski definition) is 0. The van der Waals surface area contributed by atoms with Crippen molar-refractivity contribution in [1.29, 1.82) is 0 Å². The van der Waals surface area contributed by atoms with E-state index in [1.165, 1.54) is 21.2 Å². The Morgan fingerprint density at radius 2 is 1.00 bits per heavy atom. The fourth-order valence-corrected chi connectivity index (χ4v) is 12.1. The van der Waals surface area contributed by atoms with Crippen molar-refractivity contribution >= 4 is 39.0 Å². The van der Waals surface area contributed by atoms with Crippen LogP contribution in [0.15, 0.2) is 150 Å². The van der Waals surface area contributed by atoms with Crippen LogP contribution in [0.4, 0.5) is 0 Å². The summed E-state index contributed by atoms with van der Waals surface area (Å²) in [6.07, 6.45) is -0.341. The molecule has 0 amide bonds. The number of benzene rings is 5. The molecule has 2 nitrogen and oxygen atoms in total. The van der Waals surface area contributed by atoms with Crippen molar-refractivity contribution in [2.24, 2.45) is 0 Å². The molecule has 0 N–H and O–H groups in total. The van der Waals surface area contributed by atoms with Crippen LogP contribution in [0, 0.1) is 0 Å². The number of para-hydroxylation sites is 1. The quantitative estimate of drug-likeness (QED) is 0.262. The SMILES string of the molecule is c1ccc(P2(c3ccccc3)(c3ccccc3)OC(c3cc4ccccc4o3)c3ccccc32)cc1. The maximum absolute atomic E-state index is 7.72. The van der Waals surface area contributed by atoms with E-state index in [-0.39, 0.29) is 6.10 Å². The van der Waals surface area contributed by atoms with E-state index in [4.69, 9.17) is 8.94 Å². The van der Waals surface area contributed by atoms with Gasteiger partial charge in [0.25, 0.3) is 0 Å². The molecule has 6 aromatic rings. The Hall–Kier alpha value is -3.97. The van der Waals surface area contributed by atoms with Gasteiger partial charge in [0.15, 0.2) is 0 Å². The summed E-state index contributed by atoms with van der Waals surface area (Å²) in [6, 6.07) is 51.4. The van der Waals surface area contributed by atoms with Gasteiger partial charge in [-0.15, -0.1) is 0 Å². The van der Waals surface area contributed by atoms with Crippen LogP contribution in [0.1, 0.15) is 17.4 Å². The average molecular weight is 485 g/mol. The van der Waals surface area contributed by atoms with Gasteiger partial charge >= 0.3 is 211 Å². The Morgan fingerprint density at radius 1 is 0.500 bits per heavy atom. The van der Waals surface area contributed by atoms with Crippen molar-refractivity contribution in [2.75, 3.05) is 0 Å². The van der Waals surface area contributed by atoms with Gasteiger partial charge in [-0.2, -0.15) is 0 Å². The van der Waals surface area contributed by atoms with E-state index in [1.807, 2.05) is 18.2 Å². The summed E-state index contributed by atoms with van der Waals surface area (Å²) < 4.78 is 14.2. The Labute approximate surface area is 210 Å². The first-order chi connectivity index (χ1) is 17.8. The van der Waals surface area contributed by atoms with E-state index in [0.717, 1.165) is 22.3 Å². The molecule has 3 heteroatoms. The van der Waals surface area contributed by atoms with Gasteiger partial charge in [-0.25, -0.2) is 0 Å². The molecular formula is C33H25O2P. The Balaban J connectivity index is 1.64. The van der Waals surface area contributed by atoms with Gasteiger partial charge < -0.3 is 0 Å². The molecule has 0 fully saturated rings. The summed E-state index contributed by atoms with van der Waals surface area (Å²) in [6.45, 7) is -3.62. The third-order valence-electron chi connectivity index (χ3n) is 7.44. The summed E-state index contributed by atoms with van der Waals surface area (Å²) in [7, 11) is 0. The van der Waals surface area contributed by atoms with Crippen molar-refractivity contribution in [2.45, 2.75) is 6.10 Å². The monoisotopic (exact) mass is 484 g/mol. The molecule has 2 heterocycles. The molecule has 1 atom stereocenters. The number of fused-ring (bicyclic) bond motifs is 2. The minimum absolute atomic E-state index is 0.341.